The molecule has 0 aliphatic carbocycles. The molecule has 0 fully saturated rings. The molecule has 0 radical (unpaired) electrons. The van der Waals surface area contributed by atoms with Gasteiger partial charge in [0.1, 0.15) is 0 Å². The Morgan fingerprint density at radius 3 is 1.40 bits per heavy atom. The number of phosphoric acid groups is 1. The molecule has 0 aromatic rings. The van der Waals surface area contributed by atoms with Crippen LogP contribution in [0.2, 0.25) is 0 Å². The Morgan fingerprint density at radius 1 is 1.10 bits per heavy atom. The normalized spacial score (nSPS) is 17.6. The Bertz CT molecular complexity index is 377. The average molecular weight is 351 g/mol. The summed E-state index contributed by atoms with van der Waals surface area (Å²) < 4.78 is 50.1. The standard InChI is InChI=1S/H3O4P.4O.Os/c1-5(2,3)4;;;;;/h(H3,1,2,3,4);;;;;/q;;;;;+1/p-1. The first-order chi connectivity index (χ1) is 3.96. The van der Waals surface area contributed by atoms with Crippen molar-refractivity contribution in [3.63, 3.8) is 0 Å². The molecule has 10 heteroatoms. The first kappa shape index (κ1) is 9.95. The minimum atomic E-state index is -8.19. The summed E-state index contributed by atoms with van der Waals surface area (Å²) in [6.45, 7) is 0. The molecule has 0 spiro atoms. The summed E-state index contributed by atoms with van der Waals surface area (Å²) in [4.78, 5) is 15.3. The van der Waals surface area contributed by atoms with Gasteiger partial charge in [0.05, 0.1) is 0 Å². The van der Waals surface area contributed by atoms with Crippen molar-refractivity contribution in [2.45, 2.75) is 0 Å². The molecule has 10 heavy (non-hydrogen) atoms. The number of rotatable bonds is 2. The van der Waals surface area contributed by atoms with Gasteiger partial charge in [-0.25, -0.2) is 0 Å². The van der Waals surface area contributed by atoms with Gasteiger partial charge in [0, 0.05) is 0 Å². The topological polar surface area (TPSA) is 135 Å². The third kappa shape index (κ3) is 7.95. The average Bonchev–Trinajstić information content (AvgIpc) is 1.09. The SMILES string of the molecule is O=P(O)(O)[O][Os](=[O])(=[O])(=[O])=[O]. The van der Waals surface area contributed by atoms with Crippen molar-refractivity contribution in [3.8, 4) is 0 Å². The molecular weight excluding hydrogens is 349 g/mol. The minimum absolute atomic E-state index is 2.45. The molecule has 0 saturated carbocycles. The second kappa shape index (κ2) is 1.97. The monoisotopic (exact) mass is 353 g/mol. The van der Waals surface area contributed by atoms with Crippen LogP contribution in [0.5, 0.6) is 0 Å². The number of hydrogen-bond acceptors (Lipinski definition) is 6. The second-order valence-electron chi connectivity index (χ2n) is 1.14. The van der Waals surface area contributed by atoms with Gasteiger partial charge in [-0.15, -0.1) is 0 Å². The summed E-state index contributed by atoms with van der Waals surface area (Å²) in [7, 11) is -5.51. The van der Waals surface area contributed by atoms with E-state index in [9.17, 15) is 18.7 Å². The van der Waals surface area contributed by atoms with Gasteiger partial charge in [-0.2, -0.15) is 0 Å². The molecule has 0 aromatic carbocycles. The molecular formula is H2O8OsP. The van der Waals surface area contributed by atoms with E-state index in [1.54, 1.807) is 0 Å². The maximum atomic E-state index is 9.57. The Hall–Kier alpha value is -0.0536. The third-order valence-corrected chi connectivity index (χ3v) is 4.65. The molecule has 2 N–H and O–H groups in total. The Balaban J connectivity index is 5.09. The summed E-state index contributed by atoms with van der Waals surface area (Å²) in [5, 5.41) is 0. The van der Waals surface area contributed by atoms with E-state index in [-0.39, 0.29) is 0 Å². The van der Waals surface area contributed by atoms with Crippen molar-refractivity contribution >= 4 is 7.82 Å². The van der Waals surface area contributed by atoms with Gasteiger partial charge in [0.15, 0.2) is 0 Å². The fourth-order valence-corrected chi connectivity index (χ4v) is 3.37. The quantitative estimate of drug-likeness (QED) is 0.610. The van der Waals surface area contributed by atoms with E-state index in [4.69, 9.17) is 9.79 Å². The third-order valence-electron chi connectivity index (χ3n) is 0.189. The van der Waals surface area contributed by atoms with Crippen molar-refractivity contribution in [1.29, 1.82) is 0 Å². The van der Waals surface area contributed by atoms with Crippen molar-refractivity contribution in [1.82, 2.24) is 0 Å². The molecule has 0 atom stereocenters. The maximum absolute atomic E-state index is 9.57. The molecule has 0 aliphatic rings. The van der Waals surface area contributed by atoms with Crippen molar-refractivity contribution in [2.24, 2.45) is 0 Å². The van der Waals surface area contributed by atoms with Crippen LogP contribution in [0.25, 0.3) is 0 Å². The van der Waals surface area contributed by atoms with Crippen molar-refractivity contribution in [3.05, 3.63) is 0 Å². The summed E-state index contributed by atoms with van der Waals surface area (Å²) in [5.41, 5.74) is 0. The summed E-state index contributed by atoms with van der Waals surface area (Å²) in [6, 6.07) is 0. The van der Waals surface area contributed by atoms with Crippen LogP contribution in [-0.2, 0) is 36.1 Å². The molecule has 0 aromatic heterocycles. The van der Waals surface area contributed by atoms with Crippen LogP contribution >= 0.6 is 7.82 Å². The van der Waals surface area contributed by atoms with E-state index in [0.717, 1.165) is 0 Å². The van der Waals surface area contributed by atoms with Crippen LogP contribution in [0.1, 0.15) is 0 Å². The summed E-state index contributed by atoms with van der Waals surface area (Å²) >= 11 is -8.19. The predicted molar refractivity (Wildman–Crippen MR) is 15.9 cm³/mol. The van der Waals surface area contributed by atoms with E-state index in [2.05, 4.69) is 3.32 Å². The van der Waals surface area contributed by atoms with E-state index >= 15 is 0 Å². The Kier molecular flexibility index (Phi) is 1.96. The fourth-order valence-electron chi connectivity index (χ4n) is 0.137. The molecule has 0 rings (SSSR count). The van der Waals surface area contributed by atoms with Crippen LogP contribution in [-0.4, -0.2) is 9.79 Å². The van der Waals surface area contributed by atoms with Crippen molar-refractivity contribution < 1.29 is 45.8 Å². The van der Waals surface area contributed by atoms with Crippen LogP contribution in [0.3, 0.4) is 0 Å². The second-order valence-corrected chi connectivity index (χ2v) is 7.88. The zero-order valence-corrected chi connectivity index (χ0v) is 7.58. The fraction of sp³-hybridized carbons (Fsp3) is 0. The first-order valence-electron chi connectivity index (χ1n) is 1.49. The van der Waals surface area contributed by atoms with Gasteiger partial charge in [-0.3, -0.25) is 0 Å². The van der Waals surface area contributed by atoms with Crippen molar-refractivity contribution in [2.75, 3.05) is 0 Å². The van der Waals surface area contributed by atoms with Crippen LogP contribution in [0.15, 0.2) is 0 Å². The zero-order valence-electron chi connectivity index (χ0n) is 4.14. The van der Waals surface area contributed by atoms with E-state index in [0.29, 0.717) is 0 Å². The van der Waals surface area contributed by atoms with Gasteiger partial charge in [0.2, 0.25) is 0 Å². The number of hydrogen-bond donors (Lipinski definition) is 2. The van der Waals surface area contributed by atoms with Gasteiger partial charge in [-0.05, 0) is 0 Å². The van der Waals surface area contributed by atoms with Crippen LogP contribution < -0.4 is 0 Å². The molecule has 8 nitrogen and oxygen atoms in total. The van der Waals surface area contributed by atoms with Crippen LogP contribution in [0, 0.1) is 0 Å². The van der Waals surface area contributed by atoms with Gasteiger partial charge < -0.3 is 0 Å². The molecule has 0 bridgehead atoms. The molecule has 63 valence electrons. The van der Waals surface area contributed by atoms with E-state index in [1.807, 2.05) is 0 Å². The molecule has 0 aliphatic heterocycles. The summed E-state index contributed by atoms with van der Waals surface area (Å²) in [6.07, 6.45) is 0. The molecule has 0 amide bonds. The first-order valence-corrected chi connectivity index (χ1v) is 8.20. The molecule has 0 unspecified atom stereocenters. The Labute approximate surface area is 54.3 Å². The van der Waals surface area contributed by atoms with Gasteiger partial charge in [-0.1, -0.05) is 0 Å². The Morgan fingerprint density at radius 2 is 1.40 bits per heavy atom. The molecule has 0 heterocycles. The van der Waals surface area contributed by atoms with Crippen LogP contribution in [0.4, 0.5) is 0 Å². The van der Waals surface area contributed by atoms with Gasteiger partial charge in [0.25, 0.3) is 0 Å². The predicted octanol–water partition coefficient (Wildman–Crippen LogP) is -0.918. The van der Waals surface area contributed by atoms with Gasteiger partial charge >= 0.3 is 53.7 Å². The van der Waals surface area contributed by atoms with E-state index < -0.39 is 21.8 Å². The van der Waals surface area contributed by atoms with E-state index in [1.165, 1.54) is 0 Å². The molecule has 0 saturated heterocycles. The summed E-state index contributed by atoms with van der Waals surface area (Å²) in [5.74, 6) is 0. The zero-order chi connectivity index (χ0) is 8.65.